The second-order valence-corrected chi connectivity index (χ2v) is 6.30. The van der Waals surface area contributed by atoms with Crippen LogP contribution in [0.5, 0.6) is 0 Å². The monoisotopic (exact) mass is 278 g/mol. The predicted octanol–water partition coefficient (Wildman–Crippen LogP) is 2.04. The van der Waals surface area contributed by atoms with Crippen LogP contribution in [0.2, 0.25) is 0 Å². The quantitative estimate of drug-likeness (QED) is 0.917. The molecule has 1 unspecified atom stereocenters. The van der Waals surface area contributed by atoms with E-state index in [2.05, 4.69) is 6.92 Å². The SMILES string of the molecule is CCC1CN(C(=O)Cc2ccccc2CN)CCS1. The van der Waals surface area contributed by atoms with Crippen molar-refractivity contribution in [3.63, 3.8) is 0 Å². The molecule has 1 aromatic rings. The van der Waals surface area contributed by atoms with Crippen LogP contribution in [0, 0.1) is 0 Å². The van der Waals surface area contributed by atoms with Crippen LogP contribution in [-0.4, -0.2) is 34.9 Å². The Morgan fingerprint density at radius 3 is 2.84 bits per heavy atom. The highest BCUT2D eigenvalue weighted by atomic mass is 32.2. The third-order valence-electron chi connectivity index (χ3n) is 3.63. The summed E-state index contributed by atoms with van der Waals surface area (Å²) in [6, 6.07) is 7.96. The van der Waals surface area contributed by atoms with Gasteiger partial charge < -0.3 is 10.6 Å². The number of amides is 1. The number of carbonyl (C=O) groups is 1. The number of nitrogens with two attached hydrogens (primary N) is 1. The van der Waals surface area contributed by atoms with Crippen LogP contribution >= 0.6 is 11.8 Å². The van der Waals surface area contributed by atoms with Gasteiger partial charge in [0, 0.05) is 30.6 Å². The van der Waals surface area contributed by atoms with Gasteiger partial charge in [-0.25, -0.2) is 0 Å². The van der Waals surface area contributed by atoms with E-state index in [1.54, 1.807) is 0 Å². The molecule has 0 bridgehead atoms. The molecule has 19 heavy (non-hydrogen) atoms. The molecule has 0 aromatic heterocycles. The minimum atomic E-state index is 0.236. The van der Waals surface area contributed by atoms with Gasteiger partial charge in [0.2, 0.25) is 5.91 Å². The highest BCUT2D eigenvalue weighted by Crippen LogP contribution is 2.22. The molecule has 0 aliphatic carbocycles. The number of carbonyl (C=O) groups excluding carboxylic acids is 1. The van der Waals surface area contributed by atoms with Gasteiger partial charge in [0.1, 0.15) is 0 Å². The molecular formula is C15H22N2OS. The Hall–Kier alpha value is -1.00. The van der Waals surface area contributed by atoms with Gasteiger partial charge in [-0.1, -0.05) is 31.2 Å². The van der Waals surface area contributed by atoms with Crippen LogP contribution in [-0.2, 0) is 17.8 Å². The molecule has 1 heterocycles. The zero-order valence-electron chi connectivity index (χ0n) is 11.5. The molecule has 0 spiro atoms. The van der Waals surface area contributed by atoms with Crippen LogP contribution in [0.25, 0.3) is 0 Å². The maximum Gasteiger partial charge on any atom is 0.227 e. The Bertz CT molecular complexity index is 436. The molecular weight excluding hydrogens is 256 g/mol. The molecule has 2 rings (SSSR count). The highest BCUT2D eigenvalue weighted by molar-refractivity contribution is 8.00. The van der Waals surface area contributed by atoms with Crippen LogP contribution in [0.15, 0.2) is 24.3 Å². The Kier molecular flexibility index (Phi) is 5.28. The zero-order chi connectivity index (χ0) is 13.7. The van der Waals surface area contributed by atoms with Crippen molar-refractivity contribution in [2.75, 3.05) is 18.8 Å². The Morgan fingerprint density at radius 2 is 2.16 bits per heavy atom. The van der Waals surface area contributed by atoms with E-state index >= 15 is 0 Å². The first kappa shape index (κ1) is 14.4. The normalized spacial score (nSPS) is 19.5. The lowest BCUT2D eigenvalue weighted by Crippen LogP contribution is -2.42. The molecule has 104 valence electrons. The fourth-order valence-electron chi connectivity index (χ4n) is 2.40. The van der Waals surface area contributed by atoms with Crippen molar-refractivity contribution in [3.05, 3.63) is 35.4 Å². The van der Waals surface area contributed by atoms with E-state index in [0.717, 1.165) is 36.4 Å². The van der Waals surface area contributed by atoms with Crippen LogP contribution in [0.1, 0.15) is 24.5 Å². The molecule has 1 saturated heterocycles. The Labute approximate surface area is 119 Å². The average Bonchev–Trinajstić information content (AvgIpc) is 2.47. The van der Waals surface area contributed by atoms with E-state index in [1.165, 1.54) is 0 Å². The summed E-state index contributed by atoms with van der Waals surface area (Å²) in [4.78, 5) is 14.4. The van der Waals surface area contributed by atoms with Gasteiger partial charge in [0.25, 0.3) is 0 Å². The summed E-state index contributed by atoms with van der Waals surface area (Å²) in [5.74, 6) is 1.29. The van der Waals surface area contributed by atoms with Crippen molar-refractivity contribution < 1.29 is 4.79 Å². The van der Waals surface area contributed by atoms with Crippen molar-refractivity contribution in [2.45, 2.75) is 31.6 Å². The summed E-state index contributed by atoms with van der Waals surface area (Å²) in [6.45, 7) is 4.46. The number of thioether (sulfide) groups is 1. The summed E-state index contributed by atoms with van der Waals surface area (Å²) in [5.41, 5.74) is 7.87. The summed E-state index contributed by atoms with van der Waals surface area (Å²) in [7, 11) is 0. The first-order chi connectivity index (χ1) is 9.24. The molecule has 0 saturated carbocycles. The maximum atomic E-state index is 12.4. The van der Waals surface area contributed by atoms with Gasteiger partial charge in [0.15, 0.2) is 0 Å². The van der Waals surface area contributed by atoms with Gasteiger partial charge in [-0.15, -0.1) is 0 Å². The molecule has 1 atom stereocenters. The molecule has 0 radical (unpaired) electrons. The van der Waals surface area contributed by atoms with Gasteiger partial charge in [-0.3, -0.25) is 4.79 Å². The summed E-state index contributed by atoms with van der Waals surface area (Å²) in [5, 5.41) is 0.599. The summed E-state index contributed by atoms with van der Waals surface area (Å²) in [6.07, 6.45) is 1.61. The van der Waals surface area contributed by atoms with Crippen molar-refractivity contribution in [2.24, 2.45) is 5.73 Å². The largest absolute Gasteiger partial charge is 0.340 e. The minimum absolute atomic E-state index is 0.236. The molecule has 1 aliphatic heterocycles. The van der Waals surface area contributed by atoms with Gasteiger partial charge in [-0.2, -0.15) is 11.8 Å². The number of hydrogen-bond donors (Lipinski definition) is 1. The lowest BCUT2D eigenvalue weighted by Gasteiger charge is -2.32. The predicted molar refractivity (Wildman–Crippen MR) is 81.2 cm³/mol. The minimum Gasteiger partial charge on any atom is -0.340 e. The van der Waals surface area contributed by atoms with E-state index in [9.17, 15) is 4.79 Å². The first-order valence-electron chi connectivity index (χ1n) is 6.90. The molecule has 1 aromatic carbocycles. The number of nitrogens with zero attached hydrogens (tertiary/aromatic N) is 1. The molecule has 1 aliphatic rings. The standard InChI is InChI=1S/C15H22N2OS/c1-2-14-11-17(7-8-19-14)15(18)9-12-5-3-4-6-13(12)10-16/h3-6,14H,2,7-11,16H2,1H3. The van der Waals surface area contributed by atoms with Crippen LogP contribution in [0.4, 0.5) is 0 Å². The molecule has 3 nitrogen and oxygen atoms in total. The second kappa shape index (κ2) is 6.96. The highest BCUT2D eigenvalue weighted by Gasteiger charge is 2.23. The number of rotatable bonds is 4. The number of benzene rings is 1. The van der Waals surface area contributed by atoms with Crippen molar-refractivity contribution in [1.29, 1.82) is 0 Å². The fraction of sp³-hybridized carbons (Fsp3) is 0.533. The average molecular weight is 278 g/mol. The molecule has 4 heteroatoms. The second-order valence-electron chi connectivity index (χ2n) is 4.89. The van der Waals surface area contributed by atoms with E-state index in [1.807, 2.05) is 40.9 Å². The lowest BCUT2D eigenvalue weighted by molar-refractivity contribution is -0.130. The third-order valence-corrected chi connectivity index (χ3v) is 5.00. The topological polar surface area (TPSA) is 46.3 Å². The number of hydrogen-bond acceptors (Lipinski definition) is 3. The fourth-order valence-corrected chi connectivity index (χ4v) is 3.58. The van der Waals surface area contributed by atoms with E-state index in [-0.39, 0.29) is 5.91 Å². The van der Waals surface area contributed by atoms with Crippen molar-refractivity contribution in [3.8, 4) is 0 Å². The van der Waals surface area contributed by atoms with Gasteiger partial charge >= 0.3 is 0 Å². The van der Waals surface area contributed by atoms with E-state index < -0.39 is 0 Å². The molecule has 1 amide bonds. The lowest BCUT2D eigenvalue weighted by atomic mass is 10.0. The summed E-state index contributed by atoms with van der Waals surface area (Å²) >= 11 is 1.98. The van der Waals surface area contributed by atoms with E-state index in [4.69, 9.17) is 5.73 Å². The molecule has 1 fully saturated rings. The first-order valence-corrected chi connectivity index (χ1v) is 7.95. The van der Waals surface area contributed by atoms with E-state index in [0.29, 0.717) is 18.2 Å². The summed E-state index contributed by atoms with van der Waals surface area (Å²) < 4.78 is 0. The third kappa shape index (κ3) is 3.74. The van der Waals surface area contributed by atoms with Crippen molar-refractivity contribution >= 4 is 17.7 Å². The van der Waals surface area contributed by atoms with Crippen LogP contribution < -0.4 is 5.73 Å². The van der Waals surface area contributed by atoms with Gasteiger partial charge in [-0.05, 0) is 17.5 Å². The Morgan fingerprint density at radius 1 is 1.42 bits per heavy atom. The Balaban J connectivity index is 2.00. The molecule has 2 N–H and O–H groups in total. The smallest absolute Gasteiger partial charge is 0.227 e. The van der Waals surface area contributed by atoms with Crippen LogP contribution in [0.3, 0.4) is 0 Å². The van der Waals surface area contributed by atoms with Gasteiger partial charge in [0.05, 0.1) is 6.42 Å². The van der Waals surface area contributed by atoms with Crippen molar-refractivity contribution in [1.82, 2.24) is 4.90 Å². The zero-order valence-corrected chi connectivity index (χ0v) is 12.3. The maximum absolute atomic E-state index is 12.4.